The summed E-state index contributed by atoms with van der Waals surface area (Å²) in [5.74, 6) is 1.51. The summed E-state index contributed by atoms with van der Waals surface area (Å²) in [6, 6.07) is 13.5. The van der Waals surface area contributed by atoms with Gasteiger partial charge in [-0.05, 0) is 82.0 Å². The Morgan fingerprint density at radius 2 is 1.67 bits per heavy atom. The van der Waals surface area contributed by atoms with Crippen LogP contribution in [0.2, 0.25) is 0 Å². The van der Waals surface area contributed by atoms with E-state index in [9.17, 15) is 5.11 Å². The number of pyridine rings is 1. The Bertz CT molecular complexity index is 1110. The van der Waals surface area contributed by atoms with Crippen LogP contribution in [0.15, 0.2) is 48.7 Å². The van der Waals surface area contributed by atoms with E-state index in [1.807, 2.05) is 36.4 Å². The number of aromatic hydroxyl groups is 1. The van der Waals surface area contributed by atoms with Crippen molar-refractivity contribution in [1.29, 1.82) is 0 Å². The van der Waals surface area contributed by atoms with Crippen LogP contribution < -0.4 is 15.0 Å². The van der Waals surface area contributed by atoms with Crippen LogP contribution in [-0.4, -0.2) is 51.6 Å². The third kappa shape index (κ3) is 5.09. The minimum atomic E-state index is 0.0560. The van der Waals surface area contributed by atoms with Gasteiger partial charge in [0.05, 0.1) is 12.8 Å². The summed E-state index contributed by atoms with van der Waals surface area (Å²) >= 11 is 0. The van der Waals surface area contributed by atoms with Crippen LogP contribution in [0.4, 0.5) is 5.82 Å². The lowest BCUT2D eigenvalue weighted by molar-refractivity contribution is 0.160. The molecular weight excluding hydrogens is 414 g/mol. The van der Waals surface area contributed by atoms with E-state index in [2.05, 4.69) is 60.1 Å². The number of hydrogen-bond donors (Lipinski definition) is 2. The van der Waals surface area contributed by atoms with Gasteiger partial charge in [0.2, 0.25) is 5.88 Å². The highest BCUT2D eigenvalue weighted by atomic mass is 16.5. The van der Waals surface area contributed by atoms with Crippen molar-refractivity contribution < 1.29 is 9.84 Å². The number of phenols is 1. The van der Waals surface area contributed by atoms with Gasteiger partial charge in [0.25, 0.3) is 0 Å². The molecule has 7 nitrogen and oxygen atoms in total. The largest absolute Gasteiger partial charge is 0.507 e. The molecule has 0 unspecified atom stereocenters. The lowest BCUT2D eigenvalue weighted by Gasteiger charge is -2.49. The molecule has 1 aliphatic heterocycles. The van der Waals surface area contributed by atoms with E-state index in [0.29, 0.717) is 23.2 Å². The highest BCUT2D eigenvalue weighted by molar-refractivity contribution is 5.74. The fourth-order valence-corrected chi connectivity index (χ4v) is 5.01. The van der Waals surface area contributed by atoms with E-state index in [4.69, 9.17) is 4.74 Å². The van der Waals surface area contributed by atoms with Crippen LogP contribution in [0.5, 0.6) is 11.6 Å². The number of benzene rings is 1. The lowest BCUT2D eigenvalue weighted by atomic mass is 9.79. The zero-order valence-electron chi connectivity index (χ0n) is 20.3. The van der Waals surface area contributed by atoms with Gasteiger partial charge in [0.1, 0.15) is 5.75 Å². The summed E-state index contributed by atoms with van der Waals surface area (Å²) < 4.78 is 5.20. The summed E-state index contributed by atoms with van der Waals surface area (Å²) in [6.45, 7) is 8.99. The molecule has 1 saturated heterocycles. The van der Waals surface area contributed by atoms with Gasteiger partial charge < -0.3 is 20.1 Å². The van der Waals surface area contributed by atoms with Gasteiger partial charge in [-0.3, -0.25) is 0 Å². The highest BCUT2D eigenvalue weighted by Crippen LogP contribution is 2.35. The minimum absolute atomic E-state index is 0.0560. The zero-order chi connectivity index (χ0) is 23.8. The molecule has 0 bridgehead atoms. The van der Waals surface area contributed by atoms with E-state index in [1.165, 1.54) is 0 Å². The maximum Gasteiger partial charge on any atom is 0.213 e. The molecule has 0 saturated carbocycles. The van der Waals surface area contributed by atoms with Crippen molar-refractivity contribution in [2.75, 3.05) is 19.1 Å². The molecule has 0 radical (unpaired) electrons. The van der Waals surface area contributed by atoms with Crippen molar-refractivity contribution in [3.8, 4) is 34.0 Å². The highest BCUT2D eigenvalue weighted by Gasteiger charge is 2.39. The average molecular weight is 448 g/mol. The van der Waals surface area contributed by atoms with Crippen molar-refractivity contribution >= 4 is 5.82 Å². The summed E-state index contributed by atoms with van der Waals surface area (Å²) in [5, 5.41) is 23.3. The number of ether oxygens (including phenoxy) is 1. The Balaban J connectivity index is 1.54. The molecule has 7 heteroatoms. The summed E-state index contributed by atoms with van der Waals surface area (Å²) in [7, 11) is 3.67. The molecule has 0 spiro atoms. The first-order chi connectivity index (χ1) is 15.6. The van der Waals surface area contributed by atoms with Gasteiger partial charge >= 0.3 is 0 Å². The van der Waals surface area contributed by atoms with Crippen molar-refractivity contribution in [2.24, 2.45) is 0 Å². The first-order valence-electron chi connectivity index (χ1n) is 11.3. The number of methoxy groups -OCH3 is 1. The standard InChI is InChI=1S/C26H33N5O2/c1-25(2)15-19(16-26(3,4)30-25)31(5)23-10-9-21(28-29-23)20-8-7-17(13-22(20)32)18-11-12-27-24(14-18)33-6/h7-14,19,30,32H,15-16H2,1-6H3. The van der Waals surface area contributed by atoms with E-state index >= 15 is 0 Å². The summed E-state index contributed by atoms with van der Waals surface area (Å²) in [6.07, 6.45) is 3.74. The fraction of sp³-hybridized carbons (Fsp3) is 0.423. The Kier molecular flexibility index (Phi) is 6.01. The third-order valence-electron chi connectivity index (χ3n) is 6.28. The van der Waals surface area contributed by atoms with Crippen LogP contribution >= 0.6 is 0 Å². The minimum Gasteiger partial charge on any atom is -0.507 e. The van der Waals surface area contributed by atoms with Crippen molar-refractivity contribution in [3.63, 3.8) is 0 Å². The van der Waals surface area contributed by atoms with E-state index in [1.54, 1.807) is 19.4 Å². The first-order valence-corrected chi connectivity index (χ1v) is 11.3. The second kappa shape index (κ2) is 8.63. The topological polar surface area (TPSA) is 83.4 Å². The quantitative estimate of drug-likeness (QED) is 0.588. The van der Waals surface area contributed by atoms with Crippen molar-refractivity contribution in [3.05, 3.63) is 48.7 Å². The molecule has 1 fully saturated rings. The summed E-state index contributed by atoms with van der Waals surface area (Å²) in [5.41, 5.74) is 3.18. The predicted octanol–water partition coefficient (Wildman–Crippen LogP) is 4.67. The molecule has 1 aliphatic rings. The molecule has 2 aromatic heterocycles. The van der Waals surface area contributed by atoms with Gasteiger partial charge in [0.15, 0.2) is 5.82 Å². The Hall–Kier alpha value is -3.19. The number of phenolic OH excluding ortho intramolecular Hbond substituents is 1. The van der Waals surface area contributed by atoms with Gasteiger partial charge in [-0.1, -0.05) is 6.07 Å². The van der Waals surface area contributed by atoms with Crippen molar-refractivity contribution in [2.45, 2.75) is 57.7 Å². The maximum atomic E-state index is 10.7. The second-order valence-electron chi connectivity index (χ2n) is 10.2. The number of hydrogen-bond acceptors (Lipinski definition) is 7. The van der Waals surface area contributed by atoms with Gasteiger partial charge in [0, 0.05) is 42.0 Å². The molecule has 33 heavy (non-hydrogen) atoms. The van der Waals surface area contributed by atoms with Crippen LogP contribution in [-0.2, 0) is 0 Å². The van der Waals surface area contributed by atoms with Crippen molar-refractivity contribution in [1.82, 2.24) is 20.5 Å². The third-order valence-corrected chi connectivity index (χ3v) is 6.28. The number of aromatic nitrogens is 3. The van der Waals surface area contributed by atoms with Crippen LogP contribution in [0, 0.1) is 0 Å². The SMILES string of the molecule is COc1cc(-c2ccc(-c3ccc(N(C)C4CC(C)(C)NC(C)(C)C4)nn3)c(O)c2)ccn1. The Morgan fingerprint density at radius 1 is 0.970 bits per heavy atom. The number of nitrogens with zero attached hydrogens (tertiary/aromatic N) is 4. The van der Waals surface area contributed by atoms with Crippen LogP contribution in [0.3, 0.4) is 0 Å². The zero-order valence-corrected chi connectivity index (χ0v) is 20.3. The average Bonchev–Trinajstić information content (AvgIpc) is 2.76. The number of piperidine rings is 1. The molecular formula is C26H33N5O2. The molecule has 174 valence electrons. The second-order valence-corrected chi connectivity index (χ2v) is 10.2. The first kappa shape index (κ1) is 23.0. The smallest absolute Gasteiger partial charge is 0.213 e. The molecule has 0 amide bonds. The lowest BCUT2D eigenvalue weighted by Crippen LogP contribution is -2.62. The predicted molar refractivity (Wildman–Crippen MR) is 132 cm³/mol. The number of rotatable bonds is 5. The molecule has 0 aliphatic carbocycles. The van der Waals surface area contributed by atoms with Crippen LogP contribution in [0.25, 0.3) is 22.4 Å². The van der Waals surface area contributed by atoms with Gasteiger partial charge in [-0.25, -0.2) is 4.98 Å². The van der Waals surface area contributed by atoms with Gasteiger partial charge in [-0.2, -0.15) is 0 Å². The molecule has 3 aromatic rings. The normalized spacial score (nSPS) is 17.5. The molecule has 0 atom stereocenters. The van der Waals surface area contributed by atoms with Gasteiger partial charge in [-0.15, -0.1) is 10.2 Å². The summed E-state index contributed by atoms with van der Waals surface area (Å²) in [4.78, 5) is 6.36. The van der Waals surface area contributed by atoms with E-state index in [0.717, 1.165) is 29.8 Å². The van der Waals surface area contributed by atoms with E-state index < -0.39 is 0 Å². The molecule has 4 rings (SSSR count). The molecule has 3 heterocycles. The monoisotopic (exact) mass is 447 g/mol. The Morgan fingerprint density at radius 3 is 2.27 bits per heavy atom. The maximum absolute atomic E-state index is 10.7. The van der Waals surface area contributed by atoms with Crippen LogP contribution in [0.1, 0.15) is 40.5 Å². The number of nitrogens with one attached hydrogen (secondary N) is 1. The molecule has 1 aromatic carbocycles. The van der Waals surface area contributed by atoms with E-state index in [-0.39, 0.29) is 16.8 Å². The molecule has 2 N–H and O–H groups in total. The Labute approximate surface area is 195 Å². The number of anilines is 1. The fourth-order valence-electron chi connectivity index (χ4n) is 5.01.